The molecule has 0 unspecified atom stereocenters. The first-order valence-electron chi connectivity index (χ1n) is 4.28. The molecule has 1 aromatic heterocycles. The Balaban J connectivity index is 2.69. The minimum absolute atomic E-state index is 0.0824. The molecule has 80 valence electrons. The van der Waals surface area contributed by atoms with Gasteiger partial charge in [0.15, 0.2) is 0 Å². The fraction of sp³-hybridized carbons (Fsp3) is 0.625. The molecule has 0 aromatic carbocycles. The lowest BCUT2D eigenvalue weighted by atomic mass is 10.0. The van der Waals surface area contributed by atoms with E-state index in [9.17, 15) is 8.42 Å². The average molecular weight is 217 g/mol. The molecule has 0 aliphatic carbocycles. The van der Waals surface area contributed by atoms with E-state index in [1.54, 1.807) is 6.07 Å². The van der Waals surface area contributed by atoms with Gasteiger partial charge < -0.3 is 0 Å². The Morgan fingerprint density at radius 3 is 2.57 bits per heavy atom. The second kappa shape index (κ2) is 3.61. The molecule has 0 radical (unpaired) electrons. The Morgan fingerprint density at radius 2 is 2.14 bits per heavy atom. The first kappa shape index (κ1) is 11.0. The van der Waals surface area contributed by atoms with Gasteiger partial charge in [-0.1, -0.05) is 20.8 Å². The van der Waals surface area contributed by atoms with Crippen molar-refractivity contribution in [2.24, 2.45) is 5.41 Å². The molecular formula is C8H15N3O2S. The summed E-state index contributed by atoms with van der Waals surface area (Å²) in [7, 11) is -3.28. The molecule has 0 bridgehead atoms. The first-order valence-corrected chi connectivity index (χ1v) is 5.94. The SMILES string of the molecule is CC(C)(C)CS(=O)(=O)Nc1ccn[nH]1. The van der Waals surface area contributed by atoms with Crippen molar-refractivity contribution in [1.82, 2.24) is 10.2 Å². The predicted octanol–water partition coefficient (Wildman–Crippen LogP) is 1.20. The van der Waals surface area contributed by atoms with Gasteiger partial charge in [0, 0.05) is 6.07 Å². The second-order valence-electron chi connectivity index (χ2n) is 4.39. The monoisotopic (exact) mass is 217 g/mol. The fourth-order valence-electron chi connectivity index (χ4n) is 1.09. The molecule has 0 amide bonds. The van der Waals surface area contributed by atoms with E-state index in [1.165, 1.54) is 6.20 Å². The minimum Gasteiger partial charge on any atom is -0.268 e. The van der Waals surface area contributed by atoms with Crippen LogP contribution in [-0.2, 0) is 10.0 Å². The van der Waals surface area contributed by atoms with E-state index in [1.807, 2.05) is 20.8 Å². The van der Waals surface area contributed by atoms with Crippen LogP contribution in [0, 0.1) is 5.41 Å². The molecule has 5 nitrogen and oxygen atoms in total. The molecule has 6 heteroatoms. The highest BCUT2D eigenvalue weighted by Crippen LogP contribution is 2.17. The number of nitrogens with zero attached hydrogens (tertiary/aromatic N) is 1. The zero-order chi connectivity index (χ0) is 10.8. The van der Waals surface area contributed by atoms with Crippen molar-refractivity contribution >= 4 is 15.8 Å². The van der Waals surface area contributed by atoms with Gasteiger partial charge in [0.1, 0.15) is 5.82 Å². The number of H-pyrrole nitrogens is 1. The fourth-order valence-corrected chi connectivity index (χ4v) is 2.75. The molecule has 0 spiro atoms. The van der Waals surface area contributed by atoms with Crippen LogP contribution < -0.4 is 4.72 Å². The summed E-state index contributed by atoms with van der Waals surface area (Å²) in [6, 6.07) is 1.57. The molecule has 1 aromatic rings. The van der Waals surface area contributed by atoms with Crippen molar-refractivity contribution in [3.05, 3.63) is 12.3 Å². The molecule has 14 heavy (non-hydrogen) atoms. The van der Waals surface area contributed by atoms with Gasteiger partial charge in [0.05, 0.1) is 11.9 Å². The minimum atomic E-state index is -3.28. The number of anilines is 1. The summed E-state index contributed by atoms with van der Waals surface area (Å²) in [5, 5.41) is 6.19. The zero-order valence-electron chi connectivity index (χ0n) is 8.53. The number of aromatic amines is 1. The Kier molecular flexibility index (Phi) is 2.84. The molecule has 0 aliphatic rings. The number of sulfonamides is 1. The van der Waals surface area contributed by atoms with Crippen molar-refractivity contribution in [1.29, 1.82) is 0 Å². The maximum Gasteiger partial charge on any atom is 0.234 e. The molecule has 0 saturated heterocycles. The third kappa shape index (κ3) is 3.78. The highest BCUT2D eigenvalue weighted by molar-refractivity contribution is 7.92. The third-order valence-electron chi connectivity index (χ3n) is 1.39. The summed E-state index contributed by atoms with van der Waals surface area (Å²) in [5.74, 6) is 0.480. The van der Waals surface area contributed by atoms with Gasteiger partial charge in [-0.15, -0.1) is 0 Å². The zero-order valence-corrected chi connectivity index (χ0v) is 9.35. The van der Waals surface area contributed by atoms with Gasteiger partial charge in [-0.25, -0.2) is 8.42 Å². The number of rotatable bonds is 3. The largest absolute Gasteiger partial charge is 0.268 e. The van der Waals surface area contributed by atoms with E-state index >= 15 is 0 Å². The Bertz CT molecular complexity index is 375. The van der Waals surface area contributed by atoms with Crippen molar-refractivity contribution in [2.75, 3.05) is 10.5 Å². The van der Waals surface area contributed by atoms with E-state index in [0.29, 0.717) is 5.82 Å². The van der Waals surface area contributed by atoms with E-state index < -0.39 is 10.0 Å². The topological polar surface area (TPSA) is 74.8 Å². The highest BCUT2D eigenvalue weighted by atomic mass is 32.2. The van der Waals surface area contributed by atoms with Gasteiger partial charge in [-0.3, -0.25) is 9.82 Å². The van der Waals surface area contributed by atoms with Crippen LogP contribution in [0.25, 0.3) is 0 Å². The summed E-state index contributed by atoms with van der Waals surface area (Å²) < 4.78 is 25.5. The molecule has 1 heterocycles. The lowest BCUT2D eigenvalue weighted by Gasteiger charge is -2.17. The lowest BCUT2D eigenvalue weighted by molar-refractivity contribution is 0.463. The third-order valence-corrected chi connectivity index (χ3v) is 3.17. The van der Waals surface area contributed by atoms with Gasteiger partial charge in [0.25, 0.3) is 0 Å². The molecule has 0 atom stereocenters. The molecule has 0 fully saturated rings. The Labute approximate surface area is 84.0 Å². The average Bonchev–Trinajstić information content (AvgIpc) is 2.31. The molecule has 0 saturated carbocycles. The van der Waals surface area contributed by atoms with Crippen LogP contribution in [-0.4, -0.2) is 24.4 Å². The Hall–Kier alpha value is -1.04. The Morgan fingerprint density at radius 1 is 1.50 bits per heavy atom. The van der Waals surface area contributed by atoms with Gasteiger partial charge >= 0.3 is 0 Å². The van der Waals surface area contributed by atoms with Crippen LogP contribution in [0.5, 0.6) is 0 Å². The van der Waals surface area contributed by atoms with E-state index in [4.69, 9.17) is 0 Å². The number of nitrogens with one attached hydrogen (secondary N) is 2. The standard InChI is InChI=1S/C8H15N3O2S/c1-8(2,3)6-14(12,13)11-7-4-5-9-10-7/h4-5H,6H2,1-3H3,(H2,9,10,11). The van der Waals surface area contributed by atoms with Crippen molar-refractivity contribution in [3.63, 3.8) is 0 Å². The van der Waals surface area contributed by atoms with Crippen molar-refractivity contribution < 1.29 is 8.42 Å². The summed E-state index contributed by atoms with van der Waals surface area (Å²) in [6.07, 6.45) is 1.49. The second-order valence-corrected chi connectivity index (χ2v) is 6.11. The molecular weight excluding hydrogens is 202 g/mol. The first-order chi connectivity index (χ1) is 6.29. The lowest BCUT2D eigenvalue weighted by Crippen LogP contribution is -2.26. The van der Waals surface area contributed by atoms with Crippen molar-refractivity contribution in [3.8, 4) is 0 Å². The molecule has 2 N–H and O–H groups in total. The van der Waals surface area contributed by atoms with E-state index in [-0.39, 0.29) is 11.2 Å². The van der Waals surface area contributed by atoms with Crippen LogP contribution in [0.2, 0.25) is 0 Å². The summed E-state index contributed by atoms with van der Waals surface area (Å²) >= 11 is 0. The number of hydrogen-bond donors (Lipinski definition) is 2. The maximum atomic E-state index is 11.6. The van der Waals surface area contributed by atoms with Crippen LogP contribution in [0.15, 0.2) is 12.3 Å². The molecule has 1 rings (SSSR count). The van der Waals surface area contributed by atoms with Gasteiger partial charge in [-0.05, 0) is 5.41 Å². The van der Waals surface area contributed by atoms with Gasteiger partial charge in [0.2, 0.25) is 10.0 Å². The quantitative estimate of drug-likeness (QED) is 0.798. The number of hydrogen-bond acceptors (Lipinski definition) is 3. The maximum absolute atomic E-state index is 11.6. The predicted molar refractivity (Wildman–Crippen MR) is 55.5 cm³/mol. The summed E-state index contributed by atoms with van der Waals surface area (Å²) in [6.45, 7) is 5.62. The van der Waals surface area contributed by atoms with Crippen LogP contribution in [0.3, 0.4) is 0 Å². The smallest absolute Gasteiger partial charge is 0.234 e. The van der Waals surface area contributed by atoms with E-state index in [2.05, 4.69) is 14.9 Å². The van der Waals surface area contributed by atoms with Crippen molar-refractivity contribution in [2.45, 2.75) is 20.8 Å². The van der Waals surface area contributed by atoms with Crippen LogP contribution >= 0.6 is 0 Å². The van der Waals surface area contributed by atoms with Gasteiger partial charge in [-0.2, -0.15) is 5.10 Å². The highest BCUT2D eigenvalue weighted by Gasteiger charge is 2.21. The van der Waals surface area contributed by atoms with Crippen LogP contribution in [0.1, 0.15) is 20.8 Å². The number of aromatic nitrogens is 2. The summed E-state index contributed by atoms with van der Waals surface area (Å²) in [4.78, 5) is 0. The van der Waals surface area contributed by atoms with E-state index in [0.717, 1.165) is 0 Å². The summed E-state index contributed by atoms with van der Waals surface area (Å²) in [5.41, 5.74) is -0.258. The van der Waals surface area contributed by atoms with Crippen LogP contribution in [0.4, 0.5) is 5.82 Å². The normalized spacial score (nSPS) is 12.8. The molecule has 0 aliphatic heterocycles.